The number of fused-ring (bicyclic) bond motifs is 2. The van der Waals surface area contributed by atoms with Gasteiger partial charge in [0.25, 0.3) is 0 Å². The van der Waals surface area contributed by atoms with Gasteiger partial charge in [0, 0.05) is 36.8 Å². The van der Waals surface area contributed by atoms with E-state index in [0.29, 0.717) is 6.61 Å². The van der Waals surface area contributed by atoms with Gasteiger partial charge in [-0.1, -0.05) is 0 Å². The zero-order chi connectivity index (χ0) is 16.6. The number of piperidine rings is 1. The van der Waals surface area contributed by atoms with E-state index >= 15 is 0 Å². The summed E-state index contributed by atoms with van der Waals surface area (Å²) in [6.45, 7) is 4.37. The number of ether oxygens (including phenoxy) is 1. The first-order valence-electron chi connectivity index (χ1n) is 9.01. The van der Waals surface area contributed by atoms with Crippen LogP contribution >= 0.6 is 0 Å². The predicted molar refractivity (Wildman–Crippen MR) is 97.3 cm³/mol. The number of nitrogens with one attached hydrogen (secondary N) is 2. The number of anilines is 3. The summed E-state index contributed by atoms with van der Waals surface area (Å²) in [7, 11) is 0. The van der Waals surface area contributed by atoms with E-state index in [1.165, 1.54) is 30.3 Å². The van der Waals surface area contributed by atoms with Crippen LogP contribution in [0.3, 0.4) is 0 Å². The Morgan fingerprint density at radius 3 is 2.88 bits per heavy atom. The van der Waals surface area contributed by atoms with Crippen molar-refractivity contribution in [1.82, 2.24) is 19.7 Å². The van der Waals surface area contributed by atoms with Crippen LogP contribution in [0.15, 0.2) is 24.4 Å². The third-order valence-corrected chi connectivity index (χ3v) is 5.02. The number of aromatic amines is 1. The van der Waals surface area contributed by atoms with Gasteiger partial charge in [0.15, 0.2) is 5.82 Å². The molecule has 7 heteroatoms. The normalized spacial score (nSPS) is 17.7. The second kappa shape index (κ2) is 6.07. The summed E-state index contributed by atoms with van der Waals surface area (Å²) < 4.78 is 7.49. The van der Waals surface area contributed by atoms with Gasteiger partial charge in [-0.3, -0.25) is 4.68 Å². The Morgan fingerprint density at radius 1 is 1.08 bits per heavy atom. The first-order valence-corrected chi connectivity index (χ1v) is 9.01. The van der Waals surface area contributed by atoms with Crippen LogP contribution in [0.25, 0.3) is 11.0 Å². The SMILES string of the molecule is c1cc2c(N3CCCCC3)cc(Nc3cc4n(n3)CCOC4)nc2[nH]1. The second-order valence-electron chi connectivity index (χ2n) is 6.74. The molecule has 0 aromatic carbocycles. The highest BCUT2D eigenvalue weighted by molar-refractivity contribution is 5.92. The molecular formula is C18H22N6O. The second-order valence-corrected chi connectivity index (χ2v) is 6.74. The standard InChI is InChI=1S/C18H22N6O/c1-2-6-23(7-3-1)15-11-16(21-18-14(15)4-5-19-18)20-17-10-13-12-25-9-8-24(13)22-17/h4-5,10-11H,1-3,6-9,12H2,(H2,19,20,21,22). The average molecular weight is 338 g/mol. The lowest BCUT2D eigenvalue weighted by Crippen LogP contribution is -2.29. The van der Waals surface area contributed by atoms with Gasteiger partial charge in [0.1, 0.15) is 11.5 Å². The van der Waals surface area contributed by atoms with E-state index < -0.39 is 0 Å². The van der Waals surface area contributed by atoms with E-state index in [9.17, 15) is 0 Å². The van der Waals surface area contributed by atoms with Crippen LogP contribution in [0.1, 0.15) is 25.0 Å². The van der Waals surface area contributed by atoms with E-state index in [-0.39, 0.29) is 0 Å². The summed E-state index contributed by atoms with van der Waals surface area (Å²) in [5, 5.41) is 9.18. The summed E-state index contributed by atoms with van der Waals surface area (Å²) in [6.07, 6.45) is 5.79. The molecule has 1 fully saturated rings. The van der Waals surface area contributed by atoms with E-state index in [4.69, 9.17) is 9.72 Å². The molecule has 0 unspecified atom stereocenters. The van der Waals surface area contributed by atoms with E-state index in [1.54, 1.807) is 0 Å². The topological polar surface area (TPSA) is 71.0 Å². The van der Waals surface area contributed by atoms with E-state index in [2.05, 4.69) is 32.4 Å². The predicted octanol–water partition coefficient (Wildman–Crippen LogP) is 3.02. The Bertz CT molecular complexity index is 869. The van der Waals surface area contributed by atoms with Crippen LogP contribution in [0.4, 0.5) is 17.3 Å². The molecule has 2 aliphatic rings. The minimum absolute atomic E-state index is 0.622. The average Bonchev–Trinajstić information content (AvgIpc) is 3.27. The maximum Gasteiger partial charge on any atom is 0.153 e. The molecule has 25 heavy (non-hydrogen) atoms. The van der Waals surface area contributed by atoms with E-state index in [1.807, 2.05) is 16.9 Å². The monoisotopic (exact) mass is 338 g/mol. The molecule has 3 aromatic heterocycles. The molecule has 0 aliphatic carbocycles. The lowest BCUT2D eigenvalue weighted by Gasteiger charge is -2.29. The van der Waals surface area contributed by atoms with Crippen LogP contribution < -0.4 is 10.2 Å². The summed E-state index contributed by atoms with van der Waals surface area (Å²) in [4.78, 5) is 10.4. The van der Waals surface area contributed by atoms with Gasteiger partial charge in [-0.2, -0.15) is 5.10 Å². The third kappa shape index (κ3) is 2.74. The fourth-order valence-corrected chi connectivity index (χ4v) is 3.77. The van der Waals surface area contributed by atoms with Gasteiger partial charge in [0.05, 0.1) is 31.1 Å². The Labute approximate surface area is 146 Å². The van der Waals surface area contributed by atoms with Gasteiger partial charge < -0.3 is 19.9 Å². The number of pyridine rings is 1. The number of hydrogen-bond acceptors (Lipinski definition) is 5. The highest BCUT2D eigenvalue weighted by atomic mass is 16.5. The third-order valence-electron chi connectivity index (χ3n) is 5.02. The van der Waals surface area contributed by atoms with Crippen molar-refractivity contribution in [2.45, 2.75) is 32.4 Å². The quantitative estimate of drug-likeness (QED) is 0.768. The Morgan fingerprint density at radius 2 is 2.00 bits per heavy atom. The molecule has 0 saturated carbocycles. The van der Waals surface area contributed by atoms with Gasteiger partial charge in [-0.05, 0) is 25.3 Å². The fraction of sp³-hybridized carbons (Fsp3) is 0.444. The highest BCUT2D eigenvalue weighted by Gasteiger charge is 2.17. The number of nitrogens with zero attached hydrogens (tertiary/aromatic N) is 4. The molecule has 2 N–H and O–H groups in total. The summed E-state index contributed by atoms with van der Waals surface area (Å²) in [5.41, 5.74) is 3.27. The first-order chi connectivity index (χ1) is 12.4. The van der Waals surface area contributed by atoms with Crippen LogP contribution in [0.5, 0.6) is 0 Å². The van der Waals surface area contributed by atoms with Crippen molar-refractivity contribution < 1.29 is 4.74 Å². The van der Waals surface area contributed by atoms with E-state index in [0.717, 1.165) is 49.2 Å². The van der Waals surface area contributed by atoms with Gasteiger partial charge in [0.2, 0.25) is 0 Å². The van der Waals surface area contributed by atoms with Crippen molar-refractivity contribution in [2.24, 2.45) is 0 Å². The molecule has 0 bridgehead atoms. The maximum atomic E-state index is 5.49. The molecule has 2 aliphatic heterocycles. The van der Waals surface area contributed by atoms with Crippen molar-refractivity contribution >= 4 is 28.4 Å². The van der Waals surface area contributed by atoms with Gasteiger partial charge in [-0.25, -0.2) is 4.98 Å². The van der Waals surface area contributed by atoms with Gasteiger partial charge in [-0.15, -0.1) is 0 Å². The Hall–Kier alpha value is -2.54. The molecule has 130 valence electrons. The van der Waals surface area contributed by atoms with Crippen molar-refractivity contribution in [1.29, 1.82) is 0 Å². The molecule has 0 amide bonds. The fourth-order valence-electron chi connectivity index (χ4n) is 3.77. The molecule has 5 rings (SSSR count). The maximum absolute atomic E-state index is 5.49. The molecule has 0 atom stereocenters. The summed E-state index contributed by atoms with van der Waals surface area (Å²) >= 11 is 0. The zero-order valence-electron chi connectivity index (χ0n) is 14.2. The van der Waals surface area contributed by atoms with Crippen molar-refractivity contribution in [2.75, 3.05) is 29.9 Å². The molecule has 3 aromatic rings. The number of aromatic nitrogens is 4. The molecule has 0 radical (unpaired) electrons. The highest BCUT2D eigenvalue weighted by Crippen LogP contribution is 2.31. The number of hydrogen-bond donors (Lipinski definition) is 2. The zero-order valence-corrected chi connectivity index (χ0v) is 14.2. The minimum Gasteiger partial charge on any atom is -0.373 e. The first kappa shape index (κ1) is 14.8. The Kier molecular flexibility index (Phi) is 3.59. The molecule has 1 saturated heterocycles. The smallest absolute Gasteiger partial charge is 0.153 e. The van der Waals surface area contributed by atoms with Crippen LogP contribution in [-0.2, 0) is 17.9 Å². The molecule has 0 spiro atoms. The van der Waals surface area contributed by atoms with Crippen molar-refractivity contribution in [3.63, 3.8) is 0 Å². The van der Waals surface area contributed by atoms with Crippen LogP contribution in [0.2, 0.25) is 0 Å². The summed E-state index contributed by atoms with van der Waals surface area (Å²) in [5.74, 6) is 1.65. The molecule has 5 heterocycles. The molecule has 7 nitrogen and oxygen atoms in total. The van der Waals surface area contributed by atoms with Gasteiger partial charge >= 0.3 is 0 Å². The largest absolute Gasteiger partial charge is 0.373 e. The van der Waals surface area contributed by atoms with Crippen molar-refractivity contribution in [3.8, 4) is 0 Å². The summed E-state index contributed by atoms with van der Waals surface area (Å²) in [6, 6.07) is 6.30. The van der Waals surface area contributed by atoms with Crippen molar-refractivity contribution in [3.05, 3.63) is 30.1 Å². The Balaban J connectivity index is 1.49. The minimum atomic E-state index is 0.622. The van der Waals surface area contributed by atoms with Crippen LogP contribution in [-0.4, -0.2) is 39.4 Å². The number of H-pyrrole nitrogens is 1. The molecular weight excluding hydrogens is 316 g/mol. The lowest BCUT2D eigenvalue weighted by atomic mass is 10.1. The lowest BCUT2D eigenvalue weighted by molar-refractivity contribution is 0.0801. The number of rotatable bonds is 3. The van der Waals surface area contributed by atoms with Crippen LogP contribution in [0, 0.1) is 0 Å².